The van der Waals surface area contributed by atoms with E-state index in [1.54, 1.807) is 0 Å². The maximum absolute atomic E-state index is 12.0. The number of carboxylic acid groups (broad SMARTS) is 1. The Morgan fingerprint density at radius 3 is 2.50 bits per heavy atom. The molecule has 0 aliphatic carbocycles. The molecule has 0 amide bonds. The maximum atomic E-state index is 12.0. The zero-order valence-electron chi connectivity index (χ0n) is 4.85. The summed E-state index contributed by atoms with van der Waals surface area (Å²) in [5.74, 6) is -5.88. The second kappa shape index (κ2) is 3.65. The summed E-state index contributed by atoms with van der Waals surface area (Å²) < 4.78 is 24.1. The van der Waals surface area contributed by atoms with E-state index in [-0.39, 0.29) is 5.33 Å². The Kier molecular flexibility index (Phi) is 3.49. The van der Waals surface area contributed by atoms with Gasteiger partial charge in [-0.25, -0.2) is 4.79 Å². The summed E-state index contributed by atoms with van der Waals surface area (Å²) in [5.41, 5.74) is 0. The van der Waals surface area contributed by atoms with Crippen molar-refractivity contribution in [2.45, 2.75) is 5.92 Å². The van der Waals surface area contributed by atoms with Crippen LogP contribution in [-0.4, -0.2) is 22.3 Å². The summed E-state index contributed by atoms with van der Waals surface area (Å²) in [6.07, 6.45) is 1.37. The first-order valence-corrected chi connectivity index (χ1v) is 3.47. The fourth-order valence-electron chi connectivity index (χ4n) is 0.264. The van der Waals surface area contributed by atoms with Crippen molar-refractivity contribution in [3.05, 3.63) is 12.2 Å². The molecule has 0 aliphatic heterocycles. The Bertz CT molecular complexity index is 156. The molecule has 0 aliphatic rings. The molecule has 0 rings (SSSR count). The molecule has 0 saturated carbocycles. The Morgan fingerprint density at radius 2 is 2.20 bits per heavy atom. The van der Waals surface area contributed by atoms with E-state index >= 15 is 0 Å². The molecule has 0 aromatic heterocycles. The first-order valence-electron chi connectivity index (χ1n) is 2.35. The molecule has 0 radical (unpaired) electrons. The minimum absolute atomic E-state index is 0.218. The highest BCUT2D eigenvalue weighted by Gasteiger charge is 2.34. The lowest BCUT2D eigenvalue weighted by molar-refractivity contribution is -0.157. The molecule has 0 aromatic carbocycles. The number of halogens is 3. The van der Waals surface area contributed by atoms with Crippen molar-refractivity contribution in [1.29, 1.82) is 0 Å². The lowest BCUT2D eigenvalue weighted by Gasteiger charge is -2.02. The molecule has 0 saturated heterocycles. The molecule has 2 nitrogen and oxygen atoms in total. The topological polar surface area (TPSA) is 37.3 Å². The fraction of sp³-hybridized carbons (Fsp3) is 0.400. The van der Waals surface area contributed by atoms with Gasteiger partial charge in [0, 0.05) is 5.33 Å². The van der Waals surface area contributed by atoms with Crippen molar-refractivity contribution in [3.63, 3.8) is 0 Å². The van der Waals surface area contributed by atoms with Gasteiger partial charge in [0.05, 0.1) is 0 Å². The van der Waals surface area contributed by atoms with Crippen LogP contribution < -0.4 is 0 Å². The molecule has 5 heteroatoms. The molecule has 1 N–H and O–H groups in total. The highest BCUT2D eigenvalue weighted by molar-refractivity contribution is 9.09. The van der Waals surface area contributed by atoms with Crippen molar-refractivity contribution < 1.29 is 18.7 Å². The number of carboxylic acids is 1. The highest BCUT2D eigenvalue weighted by Crippen LogP contribution is 2.14. The molecular formula is C5H5BrF2O2. The van der Waals surface area contributed by atoms with Crippen molar-refractivity contribution in [2.75, 3.05) is 5.33 Å². The van der Waals surface area contributed by atoms with Crippen molar-refractivity contribution in [2.24, 2.45) is 0 Å². The summed E-state index contributed by atoms with van der Waals surface area (Å²) in [7, 11) is 0. The van der Waals surface area contributed by atoms with Gasteiger partial charge in [-0.15, -0.1) is 0 Å². The molecule has 0 atom stereocenters. The number of alkyl halides is 3. The Labute approximate surface area is 64.7 Å². The Hall–Kier alpha value is -0.450. The summed E-state index contributed by atoms with van der Waals surface area (Å²) >= 11 is 2.84. The molecule has 0 fully saturated rings. The van der Waals surface area contributed by atoms with Gasteiger partial charge in [0.1, 0.15) is 0 Å². The molecule has 0 aromatic rings. The normalized spacial score (nSPS) is 12.3. The Balaban J connectivity index is 4.12. The SMILES string of the molecule is O=C(O)C(F)(F)C=CCBr. The third-order valence-corrected chi connectivity index (χ3v) is 1.08. The van der Waals surface area contributed by atoms with E-state index in [2.05, 4.69) is 15.9 Å². The summed E-state index contributed by atoms with van der Waals surface area (Å²) in [6.45, 7) is 0. The summed E-state index contributed by atoms with van der Waals surface area (Å²) in [6, 6.07) is 0. The number of hydrogen-bond donors (Lipinski definition) is 1. The van der Waals surface area contributed by atoms with Gasteiger partial charge in [-0.2, -0.15) is 8.78 Å². The number of hydrogen-bond acceptors (Lipinski definition) is 1. The molecule has 0 unspecified atom stereocenters. The minimum atomic E-state index is -3.74. The largest absolute Gasteiger partial charge is 0.477 e. The van der Waals surface area contributed by atoms with Crippen LogP contribution in [0.2, 0.25) is 0 Å². The van der Waals surface area contributed by atoms with Crippen LogP contribution in [0.1, 0.15) is 0 Å². The molecule has 10 heavy (non-hydrogen) atoms. The van der Waals surface area contributed by atoms with Crippen LogP contribution in [-0.2, 0) is 4.79 Å². The lowest BCUT2D eigenvalue weighted by Crippen LogP contribution is -2.25. The Morgan fingerprint density at radius 1 is 1.70 bits per heavy atom. The molecular weight excluding hydrogens is 210 g/mol. The van der Waals surface area contributed by atoms with E-state index in [9.17, 15) is 13.6 Å². The van der Waals surface area contributed by atoms with Gasteiger partial charge in [0.15, 0.2) is 0 Å². The van der Waals surface area contributed by atoms with Crippen LogP contribution in [0.3, 0.4) is 0 Å². The summed E-state index contributed by atoms with van der Waals surface area (Å²) in [5, 5.41) is 8.07. The van der Waals surface area contributed by atoms with E-state index in [1.807, 2.05) is 0 Å². The van der Waals surface area contributed by atoms with E-state index in [0.29, 0.717) is 6.08 Å². The first kappa shape index (κ1) is 9.55. The van der Waals surface area contributed by atoms with Crippen molar-refractivity contribution in [3.8, 4) is 0 Å². The van der Waals surface area contributed by atoms with E-state index in [1.165, 1.54) is 0 Å². The van der Waals surface area contributed by atoms with Gasteiger partial charge < -0.3 is 5.11 Å². The van der Waals surface area contributed by atoms with Crippen LogP contribution in [0.5, 0.6) is 0 Å². The van der Waals surface area contributed by atoms with Crippen molar-refractivity contribution >= 4 is 21.9 Å². The minimum Gasteiger partial charge on any atom is -0.477 e. The zero-order chi connectivity index (χ0) is 8.20. The van der Waals surface area contributed by atoms with Crippen LogP contribution in [0.15, 0.2) is 12.2 Å². The third-order valence-electron chi connectivity index (χ3n) is 0.701. The van der Waals surface area contributed by atoms with Crippen molar-refractivity contribution in [1.82, 2.24) is 0 Å². The van der Waals surface area contributed by atoms with Gasteiger partial charge in [0.25, 0.3) is 0 Å². The predicted octanol–water partition coefficient (Wildman–Crippen LogP) is 1.66. The van der Waals surface area contributed by atoms with Crippen LogP contribution >= 0.6 is 15.9 Å². The van der Waals surface area contributed by atoms with Gasteiger partial charge in [-0.05, 0) is 6.08 Å². The third kappa shape index (κ3) is 2.91. The number of aliphatic carboxylic acids is 1. The van der Waals surface area contributed by atoms with E-state index in [0.717, 1.165) is 6.08 Å². The number of carbonyl (C=O) groups is 1. The molecule has 0 heterocycles. The van der Waals surface area contributed by atoms with Crippen LogP contribution in [0.4, 0.5) is 8.78 Å². The van der Waals surface area contributed by atoms with Crippen LogP contribution in [0, 0.1) is 0 Å². The standard InChI is InChI=1S/C5H5BrF2O2/c6-3-1-2-5(7,8)4(9)10/h1-2H,3H2,(H,9,10). The molecule has 0 spiro atoms. The molecule has 0 bridgehead atoms. The van der Waals surface area contributed by atoms with E-state index in [4.69, 9.17) is 5.11 Å². The second-order valence-electron chi connectivity index (χ2n) is 1.48. The van der Waals surface area contributed by atoms with Gasteiger partial charge in [-0.1, -0.05) is 22.0 Å². The first-order chi connectivity index (χ1) is 4.50. The zero-order valence-corrected chi connectivity index (χ0v) is 6.44. The van der Waals surface area contributed by atoms with Crippen LogP contribution in [0.25, 0.3) is 0 Å². The smallest absolute Gasteiger partial charge is 0.378 e. The lowest BCUT2D eigenvalue weighted by atomic mass is 10.3. The monoisotopic (exact) mass is 214 g/mol. The quantitative estimate of drug-likeness (QED) is 0.574. The number of rotatable bonds is 3. The number of allylic oxidation sites excluding steroid dienone is 1. The average molecular weight is 215 g/mol. The fourth-order valence-corrected chi connectivity index (χ4v) is 0.451. The average Bonchev–Trinajstić information content (AvgIpc) is 1.84. The molecule has 58 valence electrons. The second-order valence-corrected chi connectivity index (χ2v) is 2.13. The maximum Gasteiger partial charge on any atom is 0.378 e. The highest BCUT2D eigenvalue weighted by atomic mass is 79.9. The summed E-state index contributed by atoms with van der Waals surface area (Å²) in [4.78, 5) is 9.71. The van der Waals surface area contributed by atoms with Gasteiger partial charge in [-0.3, -0.25) is 0 Å². The van der Waals surface area contributed by atoms with E-state index < -0.39 is 11.9 Å². The van der Waals surface area contributed by atoms with Gasteiger partial charge in [0.2, 0.25) is 0 Å². The predicted molar refractivity (Wildman–Crippen MR) is 35.5 cm³/mol. The van der Waals surface area contributed by atoms with Gasteiger partial charge >= 0.3 is 11.9 Å².